The number of hydrogen-bond donors (Lipinski definition) is 2. The lowest BCUT2D eigenvalue weighted by Gasteiger charge is -2.11. The van der Waals surface area contributed by atoms with Crippen molar-refractivity contribution in [3.63, 3.8) is 0 Å². The molecule has 0 aliphatic rings. The van der Waals surface area contributed by atoms with Gasteiger partial charge in [0.2, 0.25) is 0 Å². The topological polar surface area (TPSA) is 67.2 Å². The van der Waals surface area contributed by atoms with Crippen molar-refractivity contribution in [1.82, 2.24) is 9.78 Å². The number of rotatable bonds is 4. The van der Waals surface area contributed by atoms with E-state index in [1.807, 2.05) is 44.5 Å². The van der Waals surface area contributed by atoms with Crippen LogP contribution in [-0.2, 0) is 6.61 Å². The van der Waals surface area contributed by atoms with Crippen LogP contribution in [0.4, 0.5) is 5.69 Å². The Bertz CT molecular complexity index is 660. The first-order valence-corrected chi connectivity index (χ1v) is 7.00. The molecule has 0 bridgehead atoms. The number of anilines is 1. The maximum absolute atomic E-state index is 12.4. The van der Waals surface area contributed by atoms with Gasteiger partial charge >= 0.3 is 0 Å². The van der Waals surface area contributed by atoms with Gasteiger partial charge in [-0.2, -0.15) is 5.10 Å². The number of aliphatic hydroxyl groups excluding tert-OH is 1. The van der Waals surface area contributed by atoms with Crippen LogP contribution < -0.4 is 5.32 Å². The molecular formula is C16H21N3O2. The molecule has 0 aliphatic heterocycles. The van der Waals surface area contributed by atoms with E-state index in [9.17, 15) is 9.90 Å². The Morgan fingerprint density at radius 1 is 1.38 bits per heavy atom. The van der Waals surface area contributed by atoms with Crippen LogP contribution in [0.25, 0.3) is 0 Å². The highest BCUT2D eigenvalue weighted by molar-refractivity contribution is 6.05. The second-order valence-corrected chi connectivity index (χ2v) is 5.44. The molecule has 1 amide bonds. The molecule has 0 saturated carbocycles. The highest BCUT2D eigenvalue weighted by Gasteiger charge is 2.16. The lowest BCUT2D eigenvalue weighted by atomic mass is 10.1. The molecular weight excluding hydrogens is 266 g/mol. The number of aryl methyl sites for hydroxylation is 1. The van der Waals surface area contributed by atoms with Crippen molar-refractivity contribution in [3.8, 4) is 0 Å². The van der Waals surface area contributed by atoms with Crippen molar-refractivity contribution in [2.45, 2.75) is 40.3 Å². The van der Waals surface area contributed by atoms with Crippen LogP contribution in [0.3, 0.4) is 0 Å². The van der Waals surface area contributed by atoms with Gasteiger partial charge < -0.3 is 10.4 Å². The summed E-state index contributed by atoms with van der Waals surface area (Å²) in [5.41, 5.74) is 3.85. The zero-order valence-corrected chi connectivity index (χ0v) is 12.8. The number of benzene rings is 1. The quantitative estimate of drug-likeness (QED) is 0.908. The predicted octanol–water partition coefficient (Wildman–Crippen LogP) is 2.83. The highest BCUT2D eigenvalue weighted by Crippen LogP contribution is 2.19. The average Bonchev–Trinajstić information content (AvgIpc) is 2.83. The van der Waals surface area contributed by atoms with Crippen LogP contribution in [0.2, 0.25) is 0 Å². The Labute approximate surface area is 124 Å². The number of hydrogen-bond acceptors (Lipinski definition) is 3. The molecule has 1 heterocycles. The van der Waals surface area contributed by atoms with Crippen molar-refractivity contribution in [2.24, 2.45) is 0 Å². The van der Waals surface area contributed by atoms with Crippen LogP contribution >= 0.6 is 0 Å². The van der Waals surface area contributed by atoms with Crippen LogP contribution in [0.5, 0.6) is 0 Å². The minimum Gasteiger partial charge on any atom is -0.392 e. The van der Waals surface area contributed by atoms with E-state index in [4.69, 9.17) is 0 Å². The van der Waals surface area contributed by atoms with Gasteiger partial charge in [0.15, 0.2) is 0 Å². The average molecular weight is 287 g/mol. The van der Waals surface area contributed by atoms with Gasteiger partial charge in [-0.05, 0) is 44.9 Å². The third-order valence-electron chi connectivity index (χ3n) is 3.51. The minimum absolute atomic E-state index is 0.0482. The van der Waals surface area contributed by atoms with Crippen LogP contribution in [-0.4, -0.2) is 20.8 Å². The van der Waals surface area contributed by atoms with Gasteiger partial charge in [0.25, 0.3) is 5.91 Å². The van der Waals surface area contributed by atoms with Crippen molar-refractivity contribution in [2.75, 3.05) is 5.32 Å². The van der Waals surface area contributed by atoms with Gasteiger partial charge in [-0.15, -0.1) is 0 Å². The molecule has 5 heteroatoms. The van der Waals surface area contributed by atoms with E-state index in [1.165, 1.54) is 0 Å². The van der Waals surface area contributed by atoms with Gasteiger partial charge in [-0.3, -0.25) is 9.48 Å². The molecule has 0 unspecified atom stereocenters. The summed E-state index contributed by atoms with van der Waals surface area (Å²) in [5.74, 6) is -0.183. The Morgan fingerprint density at radius 2 is 2.10 bits per heavy atom. The summed E-state index contributed by atoms with van der Waals surface area (Å²) in [4.78, 5) is 12.4. The van der Waals surface area contributed by atoms with Crippen LogP contribution in [0, 0.1) is 13.8 Å². The molecule has 0 radical (unpaired) electrons. The summed E-state index contributed by atoms with van der Waals surface area (Å²) in [5, 5.41) is 16.3. The molecule has 2 aromatic rings. The standard InChI is InChI=1S/C16H21N3O2/c1-10(2)19-12(4)14(8-17-19)16(21)18-15-7-13(9-20)6-5-11(15)3/h5-8,10,20H,9H2,1-4H3,(H,18,21). The van der Waals surface area contributed by atoms with Gasteiger partial charge in [-0.1, -0.05) is 12.1 Å². The molecule has 0 atom stereocenters. The largest absolute Gasteiger partial charge is 0.392 e. The van der Waals surface area contributed by atoms with Crippen LogP contribution in [0.1, 0.15) is 47.1 Å². The van der Waals surface area contributed by atoms with E-state index in [0.717, 1.165) is 16.8 Å². The van der Waals surface area contributed by atoms with Crippen molar-refractivity contribution >= 4 is 11.6 Å². The van der Waals surface area contributed by atoms with E-state index < -0.39 is 0 Å². The molecule has 0 fully saturated rings. The number of carbonyl (C=O) groups is 1. The summed E-state index contributed by atoms with van der Waals surface area (Å²) in [6.07, 6.45) is 1.59. The monoisotopic (exact) mass is 287 g/mol. The fraction of sp³-hybridized carbons (Fsp3) is 0.375. The Kier molecular flexibility index (Phi) is 4.43. The maximum Gasteiger partial charge on any atom is 0.259 e. The van der Waals surface area contributed by atoms with Crippen molar-refractivity contribution < 1.29 is 9.90 Å². The second-order valence-electron chi connectivity index (χ2n) is 5.44. The normalized spacial score (nSPS) is 11.0. The SMILES string of the molecule is Cc1ccc(CO)cc1NC(=O)c1cnn(C(C)C)c1C. The van der Waals surface area contributed by atoms with Crippen molar-refractivity contribution in [1.29, 1.82) is 0 Å². The van der Waals surface area contributed by atoms with E-state index in [0.29, 0.717) is 11.3 Å². The first-order valence-electron chi connectivity index (χ1n) is 7.00. The smallest absolute Gasteiger partial charge is 0.259 e. The first kappa shape index (κ1) is 15.3. The lowest BCUT2D eigenvalue weighted by molar-refractivity contribution is 0.102. The summed E-state index contributed by atoms with van der Waals surface area (Å²) >= 11 is 0. The molecule has 0 saturated heterocycles. The lowest BCUT2D eigenvalue weighted by Crippen LogP contribution is -2.14. The number of nitrogens with one attached hydrogen (secondary N) is 1. The second kappa shape index (κ2) is 6.10. The number of aliphatic hydroxyl groups is 1. The van der Waals surface area contributed by atoms with E-state index >= 15 is 0 Å². The molecule has 2 N–H and O–H groups in total. The number of aromatic nitrogens is 2. The molecule has 21 heavy (non-hydrogen) atoms. The van der Waals surface area contributed by atoms with E-state index in [1.54, 1.807) is 12.3 Å². The molecule has 0 aliphatic carbocycles. The predicted molar refractivity (Wildman–Crippen MR) is 82.4 cm³/mol. The molecule has 5 nitrogen and oxygen atoms in total. The molecule has 1 aromatic heterocycles. The number of amides is 1. The first-order chi connectivity index (χ1) is 9.93. The number of nitrogens with zero attached hydrogens (tertiary/aromatic N) is 2. The van der Waals surface area contributed by atoms with Crippen LogP contribution in [0.15, 0.2) is 24.4 Å². The van der Waals surface area contributed by atoms with Gasteiger partial charge in [0, 0.05) is 17.4 Å². The molecule has 112 valence electrons. The third kappa shape index (κ3) is 3.13. The fourth-order valence-corrected chi connectivity index (χ4v) is 2.26. The Balaban J connectivity index is 2.26. The summed E-state index contributed by atoms with van der Waals surface area (Å²) in [6.45, 7) is 7.81. The number of carbonyl (C=O) groups excluding carboxylic acids is 1. The van der Waals surface area contributed by atoms with Gasteiger partial charge in [-0.25, -0.2) is 0 Å². The summed E-state index contributed by atoms with van der Waals surface area (Å²) in [7, 11) is 0. The third-order valence-corrected chi connectivity index (χ3v) is 3.51. The molecule has 2 rings (SSSR count). The Hall–Kier alpha value is -2.14. The molecule has 0 spiro atoms. The fourth-order valence-electron chi connectivity index (χ4n) is 2.26. The zero-order chi connectivity index (χ0) is 15.6. The highest BCUT2D eigenvalue weighted by atomic mass is 16.3. The minimum atomic E-state index is -0.183. The summed E-state index contributed by atoms with van der Waals surface area (Å²) in [6, 6.07) is 5.72. The maximum atomic E-state index is 12.4. The molecule has 1 aromatic carbocycles. The van der Waals surface area contributed by atoms with E-state index in [2.05, 4.69) is 10.4 Å². The summed E-state index contributed by atoms with van der Waals surface area (Å²) < 4.78 is 1.83. The zero-order valence-electron chi connectivity index (χ0n) is 12.8. The Morgan fingerprint density at radius 3 is 2.67 bits per heavy atom. The van der Waals surface area contributed by atoms with E-state index in [-0.39, 0.29) is 18.6 Å². The van der Waals surface area contributed by atoms with Gasteiger partial charge in [0.1, 0.15) is 0 Å². The van der Waals surface area contributed by atoms with Gasteiger partial charge in [0.05, 0.1) is 18.4 Å². The van der Waals surface area contributed by atoms with Crippen molar-refractivity contribution in [3.05, 3.63) is 46.8 Å².